The normalized spacial score (nSPS) is 17.0. The molecule has 1 saturated heterocycles. The Morgan fingerprint density at radius 2 is 2.03 bits per heavy atom. The molecule has 0 aliphatic carbocycles. The molecule has 1 N–H and O–H groups in total. The number of nitrogens with one attached hydrogen (secondary N) is 1. The van der Waals surface area contributed by atoms with Crippen LogP contribution in [0, 0.1) is 0 Å². The molecule has 3 aromatic rings. The molecule has 1 aliphatic rings. The number of aromatic nitrogens is 2. The van der Waals surface area contributed by atoms with E-state index < -0.39 is 0 Å². The smallest absolute Gasteiger partial charge is 0.163 e. The molecule has 1 aliphatic heterocycles. The van der Waals surface area contributed by atoms with E-state index in [4.69, 9.17) is 37.4 Å². The van der Waals surface area contributed by atoms with Gasteiger partial charge in [0, 0.05) is 23.7 Å². The fourth-order valence-corrected chi connectivity index (χ4v) is 3.89. The molecule has 164 valence electrons. The molecule has 1 unspecified atom stereocenters. The number of anilines is 2. The van der Waals surface area contributed by atoms with Crippen molar-refractivity contribution in [2.45, 2.75) is 13.0 Å². The van der Waals surface area contributed by atoms with Crippen LogP contribution in [0.15, 0.2) is 36.7 Å². The van der Waals surface area contributed by atoms with Crippen molar-refractivity contribution >= 4 is 45.6 Å². The average molecular weight is 463 g/mol. The van der Waals surface area contributed by atoms with Crippen LogP contribution < -0.4 is 14.8 Å². The first kappa shape index (κ1) is 21.9. The summed E-state index contributed by atoms with van der Waals surface area (Å²) < 4.78 is 17.3. The van der Waals surface area contributed by atoms with E-state index in [0.717, 1.165) is 36.3 Å². The predicted molar refractivity (Wildman–Crippen MR) is 123 cm³/mol. The number of nitrogens with zero attached hydrogens (tertiary/aromatic N) is 3. The summed E-state index contributed by atoms with van der Waals surface area (Å²) >= 11 is 12.1. The van der Waals surface area contributed by atoms with Gasteiger partial charge in [-0.1, -0.05) is 30.1 Å². The first-order chi connectivity index (χ1) is 15.1. The quantitative estimate of drug-likeness (QED) is 0.541. The summed E-state index contributed by atoms with van der Waals surface area (Å²) in [6.45, 7) is 5.95. The topological polar surface area (TPSA) is 68.7 Å². The van der Waals surface area contributed by atoms with Gasteiger partial charge < -0.3 is 19.5 Å². The zero-order valence-corrected chi connectivity index (χ0v) is 18.9. The van der Waals surface area contributed by atoms with Crippen molar-refractivity contribution in [1.82, 2.24) is 14.9 Å². The lowest BCUT2D eigenvalue weighted by atomic mass is 10.2. The largest absolute Gasteiger partial charge is 0.493 e. The van der Waals surface area contributed by atoms with Crippen LogP contribution in [0.4, 0.5) is 11.5 Å². The molecule has 31 heavy (non-hydrogen) atoms. The van der Waals surface area contributed by atoms with Crippen molar-refractivity contribution < 1.29 is 14.2 Å². The number of morpholine rings is 1. The van der Waals surface area contributed by atoms with Gasteiger partial charge in [-0.25, -0.2) is 9.97 Å². The molecule has 2 heterocycles. The van der Waals surface area contributed by atoms with Gasteiger partial charge in [0.15, 0.2) is 11.5 Å². The lowest BCUT2D eigenvalue weighted by Gasteiger charge is -2.34. The molecule has 9 heteroatoms. The van der Waals surface area contributed by atoms with Gasteiger partial charge in [-0.05, 0) is 30.8 Å². The van der Waals surface area contributed by atoms with Gasteiger partial charge in [0.2, 0.25) is 0 Å². The Morgan fingerprint density at radius 3 is 2.81 bits per heavy atom. The van der Waals surface area contributed by atoms with Crippen LogP contribution in [0.5, 0.6) is 11.5 Å². The minimum Gasteiger partial charge on any atom is -0.493 e. The van der Waals surface area contributed by atoms with E-state index >= 15 is 0 Å². The van der Waals surface area contributed by atoms with Gasteiger partial charge in [-0.15, -0.1) is 0 Å². The maximum absolute atomic E-state index is 6.14. The summed E-state index contributed by atoms with van der Waals surface area (Å²) in [5.74, 6) is 1.88. The highest BCUT2D eigenvalue weighted by molar-refractivity contribution is 6.42. The fourth-order valence-electron chi connectivity index (χ4n) is 3.59. The van der Waals surface area contributed by atoms with Gasteiger partial charge in [-0.3, -0.25) is 4.90 Å². The van der Waals surface area contributed by atoms with Gasteiger partial charge in [0.05, 0.1) is 41.9 Å². The summed E-state index contributed by atoms with van der Waals surface area (Å²) in [4.78, 5) is 11.1. The lowest BCUT2D eigenvalue weighted by Crippen LogP contribution is -2.48. The van der Waals surface area contributed by atoms with Gasteiger partial charge >= 0.3 is 0 Å². The highest BCUT2D eigenvalue weighted by Gasteiger charge is 2.23. The van der Waals surface area contributed by atoms with Crippen molar-refractivity contribution in [2.24, 2.45) is 0 Å². The van der Waals surface area contributed by atoms with Gasteiger partial charge in [-0.2, -0.15) is 0 Å². The van der Waals surface area contributed by atoms with E-state index in [2.05, 4.69) is 27.1 Å². The molecule has 0 radical (unpaired) electrons. The van der Waals surface area contributed by atoms with Crippen molar-refractivity contribution in [3.8, 4) is 11.5 Å². The third kappa shape index (κ3) is 4.96. The van der Waals surface area contributed by atoms with E-state index in [1.54, 1.807) is 19.2 Å². The van der Waals surface area contributed by atoms with Crippen molar-refractivity contribution in [3.05, 3.63) is 46.7 Å². The molecule has 4 rings (SSSR count). The van der Waals surface area contributed by atoms with E-state index in [0.29, 0.717) is 40.6 Å². The summed E-state index contributed by atoms with van der Waals surface area (Å²) in [6.07, 6.45) is 1.51. The molecule has 7 nitrogen and oxygen atoms in total. The first-order valence-corrected chi connectivity index (χ1v) is 10.8. The number of rotatable bonds is 7. The number of benzene rings is 2. The summed E-state index contributed by atoms with van der Waals surface area (Å²) in [7, 11) is 1.62. The number of fused-ring (bicyclic) bond motifs is 1. The Kier molecular flexibility index (Phi) is 6.97. The van der Waals surface area contributed by atoms with Crippen molar-refractivity contribution in [1.29, 1.82) is 0 Å². The third-order valence-electron chi connectivity index (χ3n) is 5.29. The second-order valence-corrected chi connectivity index (χ2v) is 7.98. The van der Waals surface area contributed by atoms with Crippen LogP contribution in [-0.4, -0.2) is 60.9 Å². The van der Waals surface area contributed by atoms with Crippen molar-refractivity contribution in [3.63, 3.8) is 0 Å². The third-order valence-corrected chi connectivity index (χ3v) is 6.03. The number of likely N-dealkylation sites (N-methyl/N-ethyl adjacent to an activating group) is 1. The van der Waals surface area contributed by atoms with Crippen LogP contribution in [0.1, 0.15) is 6.92 Å². The Morgan fingerprint density at radius 1 is 1.16 bits per heavy atom. The summed E-state index contributed by atoms with van der Waals surface area (Å²) in [5, 5.41) is 5.03. The molecule has 1 atom stereocenters. The molecule has 1 fully saturated rings. The van der Waals surface area contributed by atoms with E-state index in [1.807, 2.05) is 18.2 Å². The highest BCUT2D eigenvalue weighted by Crippen LogP contribution is 2.35. The van der Waals surface area contributed by atoms with Crippen LogP contribution in [-0.2, 0) is 4.74 Å². The number of ether oxygens (including phenoxy) is 3. The minimum atomic E-state index is 0.205. The molecule has 1 aromatic heterocycles. The molecular formula is C22H24Cl2N4O3. The monoisotopic (exact) mass is 462 g/mol. The maximum Gasteiger partial charge on any atom is 0.163 e. The maximum atomic E-state index is 6.14. The lowest BCUT2D eigenvalue weighted by molar-refractivity contribution is -0.0211. The Balaban J connectivity index is 1.59. The Labute approximate surface area is 191 Å². The molecule has 0 bridgehead atoms. The van der Waals surface area contributed by atoms with Gasteiger partial charge in [0.25, 0.3) is 0 Å². The van der Waals surface area contributed by atoms with Crippen LogP contribution in [0.25, 0.3) is 10.9 Å². The average Bonchev–Trinajstić information content (AvgIpc) is 2.80. The number of hydrogen-bond acceptors (Lipinski definition) is 7. The fraction of sp³-hybridized carbons (Fsp3) is 0.364. The molecular weight excluding hydrogens is 439 g/mol. The minimum absolute atomic E-state index is 0.205. The van der Waals surface area contributed by atoms with Crippen LogP contribution in [0.2, 0.25) is 10.0 Å². The Hall–Kier alpha value is -2.32. The highest BCUT2D eigenvalue weighted by atomic mass is 35.5. The molecule has 0 spiro atoms. The molecule has 2 aromatic carbocycles. The Bertz CT molecular complexity index is 1070. The second kappa shape index (κ2) is 9.87. The van der Waals surface area contributed by atoms with E-state index in [9.17, 15) is 0 Å². The first-order valence-electron chi connectivity index (χ1n) is 10.1. The van der Waals surface area contributed by atoms with Gasteiger partial charge in [0.1, 0.15) is 18.8 Å². The van der Waals surface area contributed by atoms with E-state index in [-0.39, 0.29) is 6.04 Å². The standard InChI is InChI=1S/C22H24Cl2N4O3/c1-3-28-6-7-30-11-15(28)12-31-21-10-19-16(9-20(21)29-2)22(26-13-25-19)27-14-4-5-17(23)18(24)8-14/h4-5,8-10,13,15H,3,6-7,11-12H2,1-2H3,(H,25,26,27). The summed E-state index contributed by atoms with van der Waals surface area (Å²) in [5.41, 5.74) is 1.51. The van der Waals surface area contributed by atoms with Crippen LogP contribution >= 0.6 is 23.2 Å². The van der Waals surface area contributed by atoms with Crippen LogP contribution in [0.3, 0.4) is 0 Å². The second-order valence-electron chi connectivity index (χ2n) is 7.16. The van der Waals surface area contributed by atoms with E-state index in [1.165, 1.54) is 6.33 Å². The molecule has 0 amide bonds. The predicted octanol–water partition coefficient (Wildman–Crippen LogP) is 4.79. The summed E-state index contributed by atoms with van der Waals surface area (Å²) in [6, 6.07) is 9.27. The zero-order valence-electron chi connectivity index (χ0n) is 17.4. The SMILES string of the molecule is CCN1CCOCC1COc1cc2ncnc(Nc3ccc(Cl)c(Cl)c3)c2cc1OC. The number of hydrogen-bond donors (Lipinski definition) is 1. The number of methoxy groups -OCH3 is 1. The number of halogens is 2. The molecule has 0 saturated carbocycles. The van der Waals surface area contributed by atoms with Crippen molar-refractivity contribution in [2.75, 3.05) is 45.3 Å². The zero-order chi connectivity index (χ0) is 21.8.